The lowest BCUT2D eigenvalue weighted by Gasteiger charge is -2.70. The minimum Gasteiger partial charge on any atom is -0.394 e. The third kappa shape index (κ3) is 3.41. The first-order valence-corrected chi connectivity index (χ1v) is 24.2. The lowest BCUT2D eigenvalue weighted by Crippen LogP contribution is -2.96. The molecule has 1 saturated heterocycles. The van der Waals surface area contributed by atoms with Gasteiger partial charge in [0.05, 0.1) is 38.0 Å². The van der Waals surface area contributed by atoms with E-state index in [0.717, 1.165) is 0 Å². The summed E-state index contributed by atoms with van der Waals surface area (Å²) in [6.07, 6.45) is -2.84. The molecule has 10 heteroatoms. The first-order chi connectivity index (χ1) is 11.9. The molecule has 5 N–H and O–H groups in total. The fourth-order valence-electron chi connectivity index (χ4n) is 4.79. The Kier molecular flexibility index (Phi) is 6.73. The van der Waals surface area contributed by atoms with Crippen LogP contribution in [0.3, 0.4) is 0 Å². The van der Waals surface area contributed by atoms with E-state index in [4.69, 9.17) is 4.74 Å². The molecule has 28 heavy (non-hydrogen) atoms. The molecular formula is C18H44O6Si4. The van der Waals surface area contributed by atoms with Gasteiger partial charge in [-0.1, -0.05) is 78.6 Å². The number of hydrogen-bond donors (Lipinski definition) is 5. The molecule has 1 fully saturated rings. The molecule has 0 bridgehead atoms. The third-order valence-corrected chi connectivity index (χ3v) is 18.0. The summed E-state index contributed by atoms with van der Waals surface area (Å²) in [6, 6.07) is 0. The molecule has 1 aliphatic heterocycles. The van der Waals surface area contributed by atoms with E-state index in [1.54, 1.807) is 0 Å². The molecule has 0 aromatic carbocycles. The van der Waals surface area contributed by atoms with Crippen molar-refractivity contribution in [1.29, 1.82) is 0 Å². The van der Waals surface area contributed by atoms with E-state index in [1.807, 2.05) is 78.6 Å². The summed E-state index contributed by atoms with van der Waals surface area (Å²) in [6.45, 7) is 23.0. The zero-order chi connectivity index (χ0) is 22.9. The van der Waals surface area contributed by atoms with Crippen LogP contribution in [-0.2, 0) is 4.74 Å². The summed E-state index contributed by atoms with van der Waals surface area (Å²) in [5.74, 6) is 0. The molecule has 6 nitrogen and oxygen atoms in total. The van der Waals surface area contributed by atoms with Crippen molar-refractivity contribution in [3.63, 3.8) is 0 Å². The molecule has 6 atom stereocenters. The molecule has 0 aromatic heterocycles. The van der Waals surface area contributed by atoms with E-state index in [0.29, 0.717) is 0 Å². The van der Waals surface area contributed by atoms with Gasteiger partial charge in [0.15, 0.2) is 6.29 Å². The molecule has 1 unspecified atom stereocenters. The monoisotopic (exact) mass is 468 g/mol. The highest BCUT2D eigenvalue weighted by molar-refractivity contribution is 6.89. The largest absolute Gasteiger partial charge is 0.394 e. The van der Waals surface area contributed by atoms with Crippen LogP contribution in [0.15, 0.2) is 0 Å². The fraction of sp³-hybridized carbons (Fsp3) is 1.00. The second-order valence-electron chi connectivity index (χ2n) is 12.7. The molecule has 0 radical (unpaired) electrons. The van der Waals surface area contributed by atoms with Gasteiger partial charge < -0.3 is 30.3 Å². The summed E-state index contributed by atoms with van der Waals surface area (Å²) in [7, 11) is -10.4. The molecule has 0 spiro atoms. The van der Waals surface area contributed by atoms with E-state index in [9.17, 15) is 25.5 Å². The van der Waals surface area contributed by atoms with Crippen molar-refractivity contribution >= 4 is 32.3 Å². The summed E-state index contributed by atoms with van der Waals surface area (Å²) in [4.78, 5) is 0. The van der Waals surface area contributed by atoms with Gasteiger partial charge in [-0.3, -0.25) is 0 Å². The quantitative estimate of drug-likeness (QED) is 0.393. The molecule has 0 aliphatic carbocycles. The molecule has 1 aliphatic rings. The topological polar surface area (TPSA) is 110 Å². The molecule has 0 saturated carbocycles. The average molecular weight is 469 g/mol. The molecule has 0 amide bonds. The number of rotatable bonds is 5. The Hall–Kier alpha value is 0.628. The number of hydrogen-bond acceptors (Lipinski definition) is 6. The predicted molar refractivity (Wildman–Crippen MR) is 125 cm³/mol. The van der Waals surface area contributed by atoms with Gasteiger partial charge in [0.2, 0.25) is 0 Å². The van der Waals surface area contributed by atoms with Gasteiger partial charge in [-0.25, -0.2) is 0 Å². The van der Waals surface area contributed by atoms with Gasteiger partial charge in [-0.2, -0.15) is 0 Å². The number of aliphatic hydroxyl groups is 5. The van der Waals surface area contributed by atoms with Gasteiger partial charge in [0.1, 0.15) is 21.8 Å². The maximum atomic E-state index is 12.5. The van der Waals surface area contributed by atoms with E-state index >= 15 is 0 Å². The van der Waals surface area contributed by atoms with Crippen molar-refractivity contribution in [1.82, 2.24) is 0 Å². The summed E-state index contributed by atoms with van der Waals surface area (Å²) in [5.41, 5.74) is -1.01. The van der Waals surface area contributed by atoms with Crippen LogP contribution < -0.4 is 0 Å². The van der Waals surface area contributed by atoms with Crippen molar-refractivity contribution < 1.29 is 30.3 Å². The Morgan fingerprint density at radius 2 is 1.04 bits per heavy atom. The van der Waals surface area contributed by atoms with Crippen LogP contribution in [0.5, 0.6) is 0 Å². The van der Waals surface area contributed by atoms with Crippen LogP contribution in [0.1, 0.15) is 0 Å². The van der Waals surface area contributed by atoms with Crippen LogP contribution in [0.4, 0.5) is 0 Å². The fourth-order valence-corrected chi connectivity index (χ4v) is 17.8. The van der Waals surface area contributed by atoms with E-state index < -0.39 is 66.1 Å². The Morgan fingerprint density at radius 1 is 0.679 bits per heavy atom. The Labute approximate surface area is 175 Å². The van der Waals surface area contributed by atoms with Crippen molar-refractivity contribution in [2.45, 2.75) is 112 Å². The molecular weight excluding hydrogens is 425 g/mol. The highest BCUT2D eigenvalue weighted by atomic mass is 28.3. The van der Waals surface area contributed by atoms with Gasteiger partial charge in [-0.05, 0) is 0 Å². The van der Waals surface area contributed by atoms with Crippen molar-refractivity contribution in [3.05, 3.63) is 0 Å². The van der Waals surface area contributed by atoms with Crippen LogP contribution in [-0.4, -0.2) is 91.6 Å². The van der Waals surface area contributed by atoms with Crippen LogP contribution in [0, 0.1) is 0 Å². The molecule has 0 aromatic rings. The van der Waals surface area contributed by atoms with E-state index in [-0.39, 0.29) is 0 Å². The average Bonchev–Trinajstić information content (AvgIpc) is 2.43. The van der Waals surface area contributed by atoms with Crippen LogP contribution >= 0.6 is 0 Å². The van der Waals surface area contributed by atoms with Gasteiger partial charge >= 0.3 is 0 Å². The molecule has 168 valence electrons. The third-order valence-electron chi connectivity index (χ3n) is 6.69. The minimum absolute atomic E-state index is 1.01. The summed E-state index contributed by atoms with van der Waals surface area (Å²) < 4.78 is 5.92. The normalized spacial score (nSPS) is 39.8. The second kappa shape index (κ2) is 7.07. The van der Waals surface area contributed by atoms with Gasteiger partial charge in [0.25, 0.3) is 0 Å². The zero-order valence-corrected chi connectivity index (χ0v) is 23.9. The minimum atomic E-state index is -2.77. The summed E-state index contributed by atoms with van der Waals surface area (Å²) in [5, 5.41) is 53.4. The Balaban J connectivity index is 4.08. The van der Waals surface area contributed by atoms with Gasteiger partial charge in [-0.15, -0.1) is 0 Å². The summed E-state index contributed by atoms with van der Waals surface area (Å²) >= 11 is 0. The van der Waals surface area contributed by atoms with E-state index in [2.05, 4.69) is 0 Å². The Morgan fingerprint density at radius 3 is 1.29 bits per heavy atom. The van der Waals surface area contributed by atoms with Crippen molar-refractivity contribution in [3.8, 4) is 0 Å². The highest BCUT2D eigenvalue weighted by Gasteiger charge is 2.81. The first kappa shape index (κ1) is 26.7. The maximum absolute atomic E-state index is 12.5. The standard InChI is InChI=1S/C18H44O6Si4/c1-25(2,3)14(19)13-16(21,26(4,5)6)18(23,28(10,11)12)17(22,15(20)24-13)27(7,8)9/h13-15,19-23H,1-12H3/t13-,14?,15+,16+,17-,18-/m1/s1. The lowest BCUT2D eigenvalue weighted by atomic mass is 9.95. The van der Waals surface area contributed by atoms with Crippen LogP contribution in [0.2, 0.25) is 78.6 Å². The number of ether oxygens (including phenoxy) is 1. The van der Waals surface area contributed by atoms with E-state index in [1.165, 1.54) is 0 Å². The van der Waals surface area contributed by atoms with Crippen molar-refractivity contribution in [2.75, 3.05) is 0 Å². The lowest BCUT2D eigenvalue weighted by molar-refractivity contribution is -0.340. The smallest absolute Gasteiger partial charge is 0.183 e. The SMILES string of the molecule is C[Si](C)(C)C(O)[C@H]1O[C@H](O)[C@@](O)([Si](C)(C)C)[C@](O)([Si](C)(C)C)[C@@]1(O)[Si](C)(C)C. The first-order valence-electron chi connectivity index (χ1n) is 10.1. The van der Waals surface area contributed by atoms with Gasteiger partial charge in [0, 0.05) is 0 Å². The predicted octanol–water partition coefficient (Wildman–Crippen LogP) is 1.77. The molecule has 1 heterocycles. The zero-order valence-electron chi connectivity index (χ0n) is 19.9. The second-order valence-corrected chi connectivity index (χ2v) is 33.8. The molecule has 1 rings (SSSR count). The number of aliphatic hydroxyl groups excluding tert-OH is 2. The maximum Gasteiger partial charge on any atom is 0.183 e. The highest BCUT2D eigenvalue weighted by Crippen LogP contribution is 2.56. The van der Waals surface area contributed by atoms with Crippen molar-refractivity contribution in [2.24, 2.45) is 0 Å². The Bertz CT molecular complexity index is 591. The van der Waals surface area contributed by atoms with Crippen LogP contribution in [0.25, 0.3) is 0 Å².